The highest BCUT2D eigenvalue weighted by Gasteiger charge is 2.05. The first-order chi connectivity index (χ1) is 5.36. The van der Waals surface area contributed by atoms with E-state index in [-0.39, 0.29) is 0 Å². The van der Waals surface area contributed by atoms with E-state index in [1.54, 1.807) is 12.5 Å². The van der Waals surface area contributed by atoms with Gasteiger partial charge >= 0.3 is 0 Å². The molecule has 2 rings (SSSR count). The Bertz CT molecular complexity index is 339. The van der Waals surface area contributed by atoms with Gasteiger partial charge < -0.3 is 4.42 Å². The van der Waals surface area contributed by atoms with Gasteiger partial charge in [-0.3, -0.25) is 0 Å². The van der Waals surface area contributed by atoms with Crippen molar-refractivity contribution < 1.29 is 4.42 Å². The van der Waals surface area contributed by atoms with E-state index in [0.717, 1.165) is 10.7 Å². The molecule has 0 unspecified atom stereocenters. The summed E-state index contributed by atoms with van der Waals surface area (Å²) in [6.45, 7) is 1.95. The van der Waals surface area contributed by atoms with Crippen molar-refractivity contribution >= 4 is 11.3 Å². The molecule has 0 saturated carbocycles. The summed E-state index contributed by atoms with van der Waals surface area (Å²) in [7, 11) is 0. The summed E-state index contributed by atoms with van der Waals surface area (Å²) >= 11 is 1.54. The molecule has 4 heteroatoms. The Morgan fingerprint density at radius 2 is 2.45 bits per heavy atom. The Hall–Kier alpha value is -1.16. The van der Waals surface area contributed by atoms with E-state index in [4.69, 9.17) is 4.42 Å². The Morgan fingerprint density at radius 1 is 1.55 bits per heavy atom. The summed E-state index contributed by atoms with van der Waals surface area (Å²) in [5, 5.41) is 2.81. The number of rotatable bonds is 1. The smallest absolute Gasteiger partial charge is 0.255 e. The van der Waals surface area contributed by atoms with Gasteiger partial charge in [-0.1, -0.05) is 0 Å². The van der Waals surface area contributed by atoms with Crippen LogP contribution < -0.4 is 0 Å². The molecule has 0 amide bonds. The monoisotopic (exact) mass is 166 g/mol. The van der Waals surface area contributed by atoms with Crippen LogP contribution in [0.2, 0.25) is 0 Å². The summed E-state index contributed by atoms with van der Waals surface area (Å²) in [6.07, 6.45) is 3.16. The largest absolute Gasteiger partial charge is 0.443 e. The minimum atomic E-state index is 0.600. The number of thiazole rings is 1. The van der Waals surface area contributed by atoms with E-state index >= 15 is 0 Å². The predicted octanol–water partition coefficient (Wildman–Crippen LogP) is 2.11. The molecule has 0 saturated heterocycles. The maximum absolute atomic E-state index is 5.07. The van der Waals surface area contributed by atoms with Gasteiger partial charge in [-0.05, 0) is 6.92 Å². The molecule has 0 aromatic carbocycles. The minimum absolute atomic E-state index is 0.600. The number of nitrogens with zero attached hydrogens (tertiary/aromatic N) is 2. The molecule has 0 aliphatic carbocycles. The molecule has 3 nitrogen and oxygen atoms in total. The SMILES string of the molecule is Cc1csc(-c2ncco2)n1. The number of aryl methyl sites for hydroxylation is 1. The van der Waals surface area contributed by atoms with Gasteiger partial charge in [-0.25, -0.2) is 9.97 Å². The molecule has 0 N–H and O–H groups in total. The van der Waals surface area contributed by atoms with E-state index in [1.165, 1.54) is 11.3 Å². The highest BCUT2D eigenvalue weighted by molar-refractivity contribution is 7.13. The van der Waals surface area contributed by atoms with Crippen molar-refractivity contribution in [3.63, 3.8) is 0 Å². The summed E-state index contributed by atoms with van der Waals surface area (Å²) < 4.78 is 5.07. The van der Waals surface area contributed by atoms with Crippen LogP contribution in [-0.4, -0.2) is 9.97 Å². The average Bonchev–Trinajstić information content (AvgIpc) is 2.55. The number of aromatic nitrogens is 2. The minimum Gasteiger partial charge on any atom is -0.443 e. The highest BCUT2D eigenvalue weighted by atomic mass is 32.1. The molecule has 0 spiro atoms. The third kappa shape index (κ3) is 1.17. The summed E-state index contributed by atoms with van der Waals surface area (Å²) in [4.78, 5) is 8.20. The molecule has 56 valence electrons. The van der Waals surface area contributed by atoms with Crippen LogP contribution in [0.1, 0.15) is 5.69 Å². The fourth-order valence-corrected chi connectivity index (χ4v) is 1.51. The van der Waals surface area contributed by atoms with Gasteiger partial charge in [0.05, 0.1) is 6.20 Å². The van der Waals surface area contributed by atoms with Crippen LogP contribution in [-0.2, 0) is 0 Å². The number of hydrogen-bond acceptors (Lipinski definition) is 4. The van der Waals surface area contributed by atoms with Gasteiger partial charge in [0.15, 0.2) is 5.01 Å². The molecule has 0 bridgehead atoms. The lowest BCUT2D eigenvalue weighted by Gasteiger charge is -1.82. The predicted molar refractivity (Wildman–Crippen MR) is 42.3 cm³/mol. The Balaban J connectivity index is 2.45. The molecular weight excluding hydrogens is 160 g/mol. The lowest BCUT2D eigenvalue weighted by molar-refractivity contribution is 0.574. The Morgan fingerprint density at radius 3 is 3.00 bits per heavy atom. The first-order valence-electron chi connectivity index (χ1n) is 3.18. The molecule has 0 atom stereocenters. The van der Waals surface area contributed by atoms with Gasteiger partial charge in [0.1, 0.15) is 6.26 Å². The molecule has 2 aromatic rings. The number of oxazole rings is 1. The second-order valence-corrected chi connectivity index (χ2v) is 2.99. The first-order valence-corrected chi connectivity index (χ1v) is 4.06. The standard InChI is InChI=1S/C7H6N2OS/c1-5-4-11-7(9-5)6-8-2-3-10-6/h2-4H,1H3. The molecule has 0 aliphatic heterocycles. The van der Waals surface area contributed by atoms with Crippen LogP contribution in [0.25, 0.3) is 10.9 Å². The molecule has 0 aliphatic rings. The van der Waals surface area contributed by atoms with Crippen molar-refractivity contribution in [2.24, 2.45) is 0 Å². The van der Waals surface area contributed by atoms with Crippen molar-refractivity contribution in [1.82, 2.24) is 9.97 Å². The third-order valence-corrected chi connectivity index (χ3v) is 2.18. The summed E-state index contributed by atoms with van der Waals surface area (Å²) in [5.74, 6) is 0.600. The van der Waals surface area contributed by atoms with E-state index in [9.17, 15) is 0 Å². The second kappa shape index (κ2) is 2.47. The average molecular weight is 166 g/mol. The molecule has 2 heterocycles. The maximum atomic E-state index is 5.07. The van der Waals surface area contributed by atoms with Crippen molar-refractivity contribution in [1.29, 1.82) is 0 Å². The van der Waals surface area contributed by atoms with E-state index in [0.29, 0.717) is 5.89 Å². The lowest BCUT2D eigenvalue weighted by Crippen LogP contribution is -1.74. The van der Waals surface area contributed by atoms with Crippen molar-refractivity contribution in [2.75, 3.05) is 0 Å². The number of hydrogen-bond donors (Lipinski definition) is 0. The van der Waals surface area contributed by atoms with Crippen LogP contribution in [0.4, 0.5) is 0 Å². The summed E-state index contributed by atoms with van der Waals surface area (Å²) in [5.41, 5.74) is 1.00. The molecule has 0 radical (unpaired) electrons. The van der Waals surface area contributed by atoms with Gasteiger partial charge in [0, 0.05) is 11.1 Å². The van der Waals surface area contributed by atoms with Crippen molar-refractivity contribution in [3.05, 3.63) is 23.5 Å². The molecule has 2 aromatic heterocycles. The van der Waals surface area contributed by atoms with Crippen LogP contribution in [0.3, 0.4) is 0 Å². The van der Waals surface area contributed by atoms with Gasteiger partial charge in [-0.2, -0.15) is 0 Å². The van der Waals surface area contributed by atoms with Gasteiger partial charge in [-0.15, -0.1) is 11.3 Å². The summed E-state index contributed by atoms with van der Waals surface area (Å²) in [6, 6.07) is 0. The quantitative estimate of drug-likeness (QED) is 0.651. The fraction of sp³-hybridized carbons (Fsp3) is 0.143. The van der Waals surface area contributed by atoms with Crippen LogP contribution in [0.5, 0.6) is 0 Å². The van der Waals surface area contributed by atoms with E-state index < -0.39 is 0 Å². The van der Waals surface area contributed by atoms with E-state index in [2.05, 4.69) is 9.97 Å². The normalized spacial score (nSPS) is 10.3. The van der Waals surface area contributed by atoms with Crippen LogP contribution in [0, 0.1) is 6.92 Å². The zero-order chi connectivity index (χ0) is 7.68. The Kier molecular flexibility index (Phi) is 1.47. The molecular formula is C7H6N2OS. The van der Waals surface area contributed by atoms with Gasteiger partial charge in [0.25, 0.3) is 5.89 Å². The molecule has 0 fully saturated rings. The zero-order valence-electron chi connectivity index (χ0n) is 5.94. The van der Waals surface area contributed by atoms with Gasteiger partial charge in [0.2, 0.25) is 0 Å². The first kappa shape index (κ1) is 6.54. The maximum Gasteiger partial charge on any atom is 0.255 e. The second-order valence-electron chi connectivity index (χ2n) is 2.13. The highest BCUT2D eigenvalue weighted by Crippen LogP contribution is 2.20. The lowest BCUT2D eigenvalue weighted by atomic mass is 10.6. The zero-order valence-corrected chi connectivity index (χ0v) is 6.76. The fourth-order valence-electron chi connectivity index (χ4n) is 0.781. The van der Waals surface area contributed by atoms with Crippen LogP contribution in [0.15, 0.2) is 22.3 Å². The van der Waals surface area contributed by atoms with Crippen molar-refractivity contribution in [2.45, 2.75) is 6.92 Å². The Labute approximate surface area is 67.7 Å². The molecule has 11 heavy (non-hydrogen) atoms. The third-order valence-electron chi connectivity index (χ3n) is 1.23. The van der Waals surface area contributed by atoms with Crippen LogP contribution >= 0.6 is 11.3 Å². The topological polar surface area (TPSA) is 38.9 Å². The van der Waals surface area contributed by atoms with E-state index in [1.807, 2.05) is 12.3 Å². The van der Waals surface area contributed by atoms with Crippen molar-refractivity contribution in [3.8, 4) is 10.9 Å².